The maximum Gasteiger partial charge on any atom is 0.131 e. The van der Waals surface area contributed by atoms with Crippen molar-refractivity contribution in [1.82, 2.24) is 10.3 Å². The lowest BCUT2D eigenvalue weighted by Crippen LogP contribution is -2.20. The minimum absolute atomic E-state index is 0.491. The van der Waals surface area contributed by atoms with E-state index in [2.05, 4.69) is 16.4 Å². The standard InChI is InChI=1S/C11H15N3O/c1-15-10-6-11(12)14-7-9(10)8-2-4-13-5-3-8/h2,6-7,13H,3-5H2,1H3,(H2,12,14). The molecule has 4 nitrogen and oxygen atoms in total. The molecule has 0 aliphatic carbocycles. The molecule has 1 aromatic rings. The zero-order valence-electron chi connectivity index (χ0n) is 8.79. The van der Waals surface area contributed by atoms with Crippen molar-refractivity contribution in [2.45, 2.75) is 6.42 Å². The van der Waals surface area contributed by atoms with Crippen LogP contribution < -0.4 is 15.8 Å². The van der Waals surface area contributed by atoms with E-state index in [0.29, 0.717) is 5.82 Å². The normalized spacial score (nSPS) is 15.9. The van der Waals surface area contributed by atoms with Crippen LogP contribution in [-0.2, 0) is 0 Å². The third-order valence-electron chi connectivity index (χ3n) is 2.52. The smallest absolute Gasteiger partial charge is 0.131 e. The molecule has 0 radical (unpaired) electrons. The molecule has 80 valence electrons. The Morgan fingerprint density at radius 3 is 3.07 bits per heavy atom. The molecule has 3 N–H and O–H groups in total. The summed E-state index contributed by atoms with van der Waals surface area (Å²) >= 11 is 0. The Bertz CT molecular complexity index is 387. The Morgan fingerprint density at radius 1 is 1.53 bits per heavy atom. The molecule has 0 spiro atoms. The molecule has 4 heteroatoms. The van der Waals surface area contributed by atoms with Gasteiger partial charge in [-0.2, -0.15) is 0 Å². The predicted molar refractivity (Wildman–Crippen MR) is 60.7 cm³/mol. The Balaban J connectivity index is 2.38. The van der Waals surface area contributed by atoms with Crippen molar-refractivity contribution in [3.05, 3.63) is 23.9 Å². The maximum atomic E-state index is 5.61. The molecule has 1 aliphatic rings. The van der Waals surface area contributed by atoms with Crippen LogP contribution in [0.25, 0.3) is 5.57 Å². The third kappa shape index (κ3) is 2.10. The number of rotatable bonds is 2. The van der Waals surface area contributed by atoms with E-state index in [1.165, 1.54) is 5.57 Å². The number of aromatic nitrogens is 1. The SMILES string of the molecule is COc1cc(N)ncc1C1=CCNCC1. The maximum absolute atomic E-state index is 5.61. The zero-order valence-corrected chi connectivity index (χ0v) is 8.79. The molecule has 0 bridgehead atoms. The van der Waals surface area contributed by atoms with Gasteiger partial charge in [0.25, 0.3) is 0 Å². The van der Waals surface area contributed by atoms with Crippen LogP contribution in [0.1, 0.15) is 12.0 Å². The fourth-order valence-corrected chi connectivity index (χ4v) is 1.73. The minimum atomic E-state index is 0.491. The highest BCUT2D eigenvalue weighted by atomic mass is 16.5. The number of anilines is 1. The second-order valence-electron chi connectivity index (χ2n) is 3.49. The quantitative estimate of drug-likeness (QED) is 0.757. The topological polar surface area (TPSA) is 60.2 Å². The van der Waals surface area contributed by atoms with Gasteiger partial charge in [0.1, 0.15) is 11.6 Å². The predicted octanol–water partition coefficient (Wildman–Crippen LogP) is 1.05. The largest absolute Gasteiger partial charge is 0.496 e. The fourth-order valence-electron chi connectivity index (χ4n) is 1.73. The summed E-state index contributed by atoms with van der Waals surface area (Å²) in [5.74, 6) is 1.29. The summed E-state index contributed by atoms with van der Waals surface area (Å²) in [5, 5.41) is 3.27. The molecule has 1 aliphatic heterocycles. The summed E-state index contributed by atoms with van der Waals surface area (Å²) < 4.78 is 5.30. The zero-order chi connectivity index (χ0) is 10.7. The van der Waals surface area contributed by atoms with Crippen LogP contribution in [0.4, 0.5) is 5.82 Å². The van der Waals surface area contributed by atoms with Gasteiger partial charge in [-0.3, -0.25) is 0 Å². The molecule has 2 heterocycles. The van der Waals surface area contributed by atoms with Gasteiger partial charge >= 0.3 is 0 Å². The van der Waals surface area contributed by atoms with E-state index >= 15 is 0 Å². The average molecular weight is 205 g/mol. The monoisotopic (exact) mass is 205 g/mol. The molecule has 2 rings (SSSR count). The first-order chi connectivity index (χ1) is 7.31. The van der Waals surface area contributed by atoms with Crippen LogP contribution >= 0.6 is 0 Å². The average Bonchev–Trinajstić information content (AvgIpc) is 2.30. The summed E-state index contributed by atoms with van der Waals surface area (Å²) in [6.45, 7) is 1.90. The molecule has 0 amide bonds. The van der Waals surface area contributed by atoms with Crippen LogP contribution in [0.2, 0.25) is 0 Å². The number of ether oxygens (including phenoxy) is 1. The van der Waals surface area contributed by atoms with Gasteiger partial charge in [-0.25, -0.2) is 4.98 Å². The molecular formula is C11H15N3O. The van der Waals surface area contributed by atoms with Crippen LogP contribution in [0.3, 0.4) is 0 Å². The highest BCUT2D eigenvalue weighted by molar-refractivity contribution is 5.71. The molecular weight excluding hydrogens is 190 g/mol. The Morgan fingerprint density at radius 2 is 2.40 bits per heavy atom. The number of hydrogen-bond acceptors (Lipinski definition) is 4. The lowest BCUT2D eigenvalue weighted by molar-refractivity contribution is 0.413. The number of hydrogen-bond donors (Lipinski definition) is 2. The van der Waals surface area contributed by atoms with E-state index in [0.717, 1.165) is 30.8 Å². The lowest BCUT2D eigenvalue weighted by Gasteiger charge is -2.16. The van der Waals surface area contributed by atoms with Crippen molar-refractivity contribution in [1.29, 1.82) is 0 Å². The first-order valence-corrected chi connectivity index (χ1v) is 5.01. The summed E-state index contributed by atoms with van der Waals surface area (Å²) in [5.41, 5.74) is 7.93. The highest BCUT2D eigenvalue weighted by Gasteiger charge is 2.11. The van der Waals surface area contributed by atoms with Crippen molar-refractivity contribution < 1.29 is 4.74 Å². The fraction of sp³-hybridized carbons (Fsp3) is 0.364. The minimum Gasteiger partial charge on any atom is -0.496 e. The summed E-state index contributed by atoms with van der Waals surface area (Å²) in [7, 11) is 1.65. The van der Waals surface area contributed by atoms with E-state index in [-0.39, 0.29) is 0 Å². The molecule has 0 aromatic carbocycles. The summed E-state index contributed by atoms with van der Waals surface area (Å²) in [4.78, 5) is 4.10. The summed E-state index contributed by atoms with van der Waals surface area (Å²) in [6.07, 6.45) is 4.95. The third-order valence-corrected chi connectivity index (χ3v) is 2.52. The van der Waals surface area contributed by atoms with Crippen molar-refractivity contribution in [3.8, 4) is 5.75 Å². The van der Waals surface area contributed by atoms with Crippen LogP contribution in [0.5, 0.6) is 5.75 Å². The Labute approximate surface area is 89.1 Å². The van der Waals surface area contributed by atoms with Gasteiger partial charge in [0.2, 0.25) is 0 Å². The first kappa shape index (κ1) is 9.98. The lowest BCUT2D eigenvalue weighted by atomic mass is 10.0. The van der Waals surface area contributed by atoms with Gasteiger partial charge in [0.15, 0.2) is 0 Å². The molecule has 0 saturated heterocycles. The van der Waals surface area contributed by atoms with Crippen molar-refractivity contribution in [3.63, 3.8) is 0 Å². The molecule has 1 aromatic heterocycles. The van der Waals surface area contributed by atoms with Gasteiger partial charge < -0.3 is 15.8 Å². The van der Waals surface area contributed by atoms with E-state index < -0.39 is 0 Å². The molecule has 0 atom stereocenters. The van der Waals surface area contributed by atoms with Gasteiger partial charge in [-0.1, -0.05) is 6.08 Å². The number of nitrogens with zero attached hydrogens (tertiary/aromatic N) is 1. The number of pyridine rings is 1. The number of nitrogen functional groups attached to an aromatic ring is 1. The van der Waals surface area contributed by atoms with Crippen molar-refractivity contribution in [2.24, 2.45) is 0 Å². The first-order valence-electron chi connectivity index (χ1n) is 5.01. The molecule has 0 fully saturated rings. The van der Waals surface area contributed by atoms with E-state index in [4.69, 9.17) is 10.5 Å². The molecule has 15 heavy (non-hydrogen) atoms. The van der Waals surface area contributed by atoms with Gasteiger partial charge in [-0.15, -0.1) is 0 Å². The molecule has 0 saturated carbocycles. The number of methoxy groups -OCH3 is 1. The van der Waals surface area contributed by atoms with Gasteiger partial charge in [-0.05, 0) is 18.5 Å². The van der Waals surface area contributed by atoms with Gasteiger partial charge in [0, 0.05) is 24.4 Å². The second-order valence-corrected chi connectivity index (χ2v) is 3.49. The van der Waals surface area contributed by atoms with Gasteiger partial charge in [0.05, 0.1) is 7.11 Å². The van der Waals surface area contributed by atoms with Crippen molar-refractivity contribution in [2.75, 3.05) is 25.9 Å². The number of nitrogens with one attached hydrogen (secondary N) is 1. The number of nitrogens with two attached hydrogens (primary N) is 1. The van der Waals surface area contributed by atoms with E-state index in [1.54, 1.807) is 19.4 Å². The van der Waals surface area contributed by atoms with Crippen LogP contribution in [0, 0.1) is 0 Å². The van der Waals surface area contributed by atoms with Crippen LogP contribution in [-0.4, -0.2) is 25.2 Å². The van der Waals surface area contributed by atoms with Crippen molar-refractivity contribution >= 4 is 11.4 Å². The second kappa shape index (κ2) is 4.31. The van der Waals surface area contributed by atoms with E-state index in [9.17, 15) is 0 Å². The molecule has 0 unspecified atom stereocenters. The summed E-state index contributed by atoms with van der Waals surface area (Å²) in [6, 6.07) is 1.76. The van der Waals surface area contributed by atoms with E-state index in [1.807, 2.05) is 0 Å². The highest BCUT2D eigenvalue weighted by Crippen LogP contribution is 2.29. The Hall–Kier alpha value is -1.55. The Kier molecular flexibility index (Phi) is 2.87. The van der Waals surface area contributed by atoms with Crippen LogP contribution in [0.15, 0.2) is 18.3 Å².